The number of ether oxygens (including phenoxy) is 1. The molecule has 0 radical (unpaired) electrons. The van der Waals surface area contributed by atoms with Crippen molar-refractivity contribution in [3.63, 3.8) is 0 Å². The van der Waals surface area contributed by atoms with Crippen LogP contribution in [0.25, 0.3) is 5.82 Å². The molecule has 0 saturated heterocycles. The Kier molecular flexibility index (Phi) is 3.43. The van der Waals surface area contributed by atoms with Crippen LogP contribution in [0.15, 0.2) is 24.4 Å². The van der Waals surface area contributed by atoms with Gasteiger partial charge < -0.3 is 10.5 Å². The predicted molar refractivity (Wildman–Crippen MR) is 57.5 cm³/mol. The van der Waals surface area contributed by atoms with Gasteiger partial charge in [-0.05, 0) is 6.07 Å². The van der Waals surface area contributed by atoms with Gasteiger partial charge in [-0.3, -0.25) is 0 Å². The van der Waals surface area contributed by atoms with E-state index < -0.39 is 35.6 Å². The first kappa shape index (κ1) is 14.9. The van der Waals surface area contributed by atoms with Gasteiger partial charge in [0.1, 0.15) is 0 Å². The highest BCUT2D eigenvalue weighted by Crippen LogP contribution is 2.34. The number of anilines is 1. The fraction of sp³-hybridized carbons (Fsp3) is 0.200. The van der Waals surface area contributed by atoms with Crippen molar-refractivity contribution in [2.75, 3.05) is 5.73 Å². The first-order chi connectivity index (χ1) is 9.58. The molecule has 2 aromatic heterocycles. The number of nitrogen functional groups attached to an aromatic ring is 1. The summed E-state index contributed by atoms with van der Waals surface area (Å²) in [5.74, 6) is -1.43. The Morgan fingerprint density at radius 2 is 1.76 bits per heavy atom. The molecule has 0 unspecified atom stereocenters. The van der Waals surface area contributed by atoms with Crippen LogP contribution in [0.3, 0.4) is 0 Å². The van der Waals surface area contributed by atoms with Crippen LogP contribution in [-0.4, -0.2) is 21.1 Å². The second kappa shape index (κ2) is 4.82. The molecule has 0 atom stereocenters. The van der Waals surface area contributed by atoms with E-state index in [-0.39, 0.29) is 0 Å². The third kappa shape index (κ3) is 3.35. The topological polar surface area (TPSA) is 66.0 Å². The molecule has 5 nitrogen and oxygen atoms in total. The van der Waals surface area contributed by atoms with E-state index in [1.54, 1.807) is 0 Å². The lowest BCUT2D eigenvalue weighted by Crippen LogP contribution is -2.19. The zero-order valence-corrected chi connectivity index (χ0v) is 9.90. The Morgan fingerprint density at radius 1 is 1.10 bits per heavy atom. The lowest BCUT2D eigenvalue weighted by molar-refractivity contribution is -0.276. The number of pyridine rings is 1. The van der Waals surface area contributed by atoms with Crippen LogP contribution in [-0.2, 0) is 6.18 Å². The van der Waals surface area contributed by atoms with Crippen molar-refractivity contribution < 1.29 is 31.1 Å². The summed E-state index contributed by atoms with van der Waals surface area (Å²) in [5.41, 5.74) is 3.15. The van der Waals surface area contributed by atoms with Gasteiger partial charge in [0.05, 0.1) is 11.9 Å². The van der Waals surface area contributed by atoms with Crippen LogP contribution < -0.4 is 10.5 Å². The summed E-state index contributed by atoms with van der Waals surface area (Å²) in [6, 6.07) is 2.92. The molecule has 0 saturated carbocycles. The summed E-state index contributed by atoms with van der Waals surface area (Å²) >= 11 is 0. The Hall–Kier alpha value is -2.46. The standard InChI is InChI=1S/C10H6F6N4O/c11-9(12,13)8-5(17)4-18-20(8)6-2-1-3-7(19-6)21-10(14,15)16/h1-4H,17H2. The van der Waals surface area contributed by atoms with Gasteiger partial charge in [0.2, 0.25) is 5.88 Å². The number of hydrogen-bond donors (Lipinski definition) is 1. The van der Waals surface area contributed by atoms with E-state index in [1.807, 2.05) is 0 Å². The SMILES string of the molecule is Nc1cnn(-c2cccc(OC(F)(F)F)n2)c1C(F)(F)F. The number of nitrogens with zero attached hydrogens (tertiary/aromatic N) is 3. The molecule has 2 rings (SSSR count). The molecule has 2 N–H and O–H groups in total. The predicted octanol–water partition coefficient (Wildman–Crippen LogP) is 2.77. The molecular formula is C10H6F6N4O. The van der Waals surface area contributed by atoms with Crippen LogP contribution in [0, 0.1) is 0 Å². The lowest BCUT2D eigenvalue weighted by atomic mass is 10.3. The minimum atomic E-state index is -5.01. The van der Waals surface area contributed by atoms with Crippen molar-refractivity contribution in [2.24, 2.45) is 0 Å². The normalized spacial score (nSPS) is 12.5. The van der Waals surface area contributed by atoms with E-state index in [2.05, 4.69) is 14.8 Å². The zero-order valence-electron chi connectivity index (χ0n) is 9.90. The first-order valence-corrected chi connectivity index (χ1v) is 5.22. The fourth-order valence-electron chi connectivity index (χ4n) is 1.52. The van der Waals surface area contributed by atoms with Crippen molar-refractivity contribution in [1.82, 2.24) is 14.8 Å². The smallest absolute Gasteiger partial charge is 0.396 e. The zero-order chi connectivity index (χ0) is 15.8. The van der Waals surface area contributed by atoms with E-state index in [1.165, 1.54) is 0 Å². The molecule has 2 heterocycles. The van der Waals surface area contributed by atoms with E-state index in [9.17, 15) is 26.3 Å². The van der Waals surface area contributed by atoms with Crippen LogP contribution >= 0.6 is 0 Å². The Morgan fingerprint density at radius 3 is 2.33 bits per heavy atom. The highest BCUT2D eigenvalue weighted by Gasteiger charge is 2.38. The fourth-order valence-corrected chi connectivity index (χ4v) is 1.52. The molecule has 0 fully saturated rings. The number of aromatic nitrogens is 3. The Bertz CT molecular complexity index is 648. The van der Waals surface area contributed by atoms with Crippen LogP contribution in [0.1, 0.15) is 5.69 Å². The number of rotatable bonds is 2. The highest BCUT2D eigenvalue weighted by molar-refractivity contribution is 5.46. The van der Waals surface area contributed by atoms with Gasteiger partial charge >= 0.3 is 12.5 Å². The van der Waals surface area contributed by atoms with Crippen molar-refractivity contribution in [2.45, 2.75) is 12.5 Å². The Labute approximate surface area is 112 Å². The third-order valence-corrected chi connectivity index (χ3v) is 2.21. The molecule has 0 aliphatic rings. The maximum Gasteiger partial charge on any atom is 0.574 e. The van der Waals surface area contributed by atoms with Crippen LogP contribution in [0.2, 0.25) is 0 Å². The van der Waals surface area contributed by atoms with E-state index in [0.29, 0.717) is 4.68 Å². The molecule has 0 aliphatic carbocycles. The molecule has 11 heteroatoms. The number of nitrogens with two attached hydrogens (primary N) is 1. The van der Waals surface area contributed by atoms with Gasteiger partial charge in [0, 0.05) is 6.07 Å². The van der Waals surface area contributed by atoms with Gasteiger partial charge in [0.15, 0.2) is 11.5 Å². The summed E-state index contributed by atoms with van der Waals surface area (Å²) < 4.78 is 78.5. The summed E-state index contributed by atoms with van der Waals surface area (Å²) in [5, 5.41) is 3.36. The first-order valence-electron chi connectivity index (χ1n) is 5.22. The largest absolute Gasteiger partial charge is 0.574 e. The summed E-state index contributed by atoms with van der Waals surface area (Å²) in [4.78, 5) is 3.32. The summed E-state index contributed by atoms with van der Waals surface area (Å²) in [6.45, 7) is 0. The molecule has 0 aliphatic heterocycles. The monoisotopic (exact) mass is 312 g/mol. The number of hydrogen-bond acceptors (Lipinski definition) is 4. The third-order valence-electron chi connectivity index (χ3n) is 2.21. The summed E-state index contributed by atoms with van der Waals surface area (Å²) in [7, 11) is 0. The average Bonchev–Trinajstić information content (AvgIpc) is 2.69. The second-order valence-electron chi connectivity index (χ2n) is 3.74. The van der Waals surface area contributed by atoms with E-state index in [0.717, 1.165) is 24.4 Å². The quantitative estimate of drug-likeness (QED) is 0.866. The maximum absolute atomic E-state index is 12.8. The second-order valence-corrected chi connectivity index (χ2v) is 3.74. The minimum Gasteiger partial charge on any atom is -0.396 e. The molecule has 21 heavy (non-hydrogen) atoms. The van der Waals surface area contributed by atoms with E-state index >= 15 is 0 Å². The molecular weight excluding hydrogens is 306 g/mol. The molecule has 114 valence electrons. The highest BCUT2D eigenvalue weighted by atomic mass is 19.4. The average molecular weight is 312 g/mol. The van der Waals surface area contributed by atoms with Gasteiger partial charge in [0.25, 0.3) is 0 Å². The van der Waals surface area contributed by atoms with Gasteiger partial charge in [-0.1, -0.05) is 6.07 Å². The summed E-state index contributed by atoms with van der Waals surface area (Å²) in [6.07, 6.45) is -9.13. The molecule has 0 bridgehead atoms. The lowest BCUT2D eigenvalue weighted by Gasteiger charge is -2.12. The van der Waals surface area contributed by atoms with Crippen molar-refractivity contribution in [3.05, 3.63) is 30.1 Å². The van der Waals surface area contributed by atoms with Gasteiger partial charge in [-0.2, -0.15) is 23.3 Å². The van der Waals surface area contributed by atoms with Gasteiger partial charge in [-0.25, -0.2) is 4.68 Å². The van der Waals surface area contributed by atoms with Gasteiger partial charge in [-0.15, -0.1) is 13.2 Å². The molecule has 0 amide bonds. The van der Waals surface area contributed by atoms with Crippen molar-refractivity contribution >= 4 is 5.69 Å². The van der Waals surface area contributed by atoms with Crippen molar-refractivity contribution in [3.8, 4) is 11.7 Å². The number of alkyl halides is 6. The Balaban J connectivity index is 2.47. The minimum absolute atomic E-state index is 0.290. The van der Waals surface area contributed by atoms with Crippen LogP contribution in [0.4, 0.5) is 32.0 Å². The molecule has 2 aromatic rings. The van der Waals surface area contributed by atoms with Crippen LogP contribution in [0.5, 0.6) is 5.88 Å². The van der Waals surface area contributed by atoms with E-state index in [4.69, 9.17) is 5.73 Å². The molecule has 0 spiro atoms. The van der Waals surface area contributed by atoms with Crippen molar-refractivity contribution in [1.29, 1.82) is 0 Å². The molecule has 0 aromatic carbocycles. The maximum atomic E-state index is 12.8. The number of halogens is 6.